The van der Waals surface area contributed by atoms with Gasteiger partial charge >= 0.3 is 18.0 Å². The lowest BCUT2D eigenvalue weighted by atomic mass is 9.88. The molecule has 3 aliphatic heterocycles. The predicted molar refractivity (Wildman–Crippen MR) is 254 cm³/mol. The van der Waals surface area contributed by atoms with Crippen molar-refractivity contribution in [2.24, 2.45) is 17.8 Å². The van der Waals surface area contributed by atoms with E-state index < -0.39 is 38.5 Å². The molecular weight excluding hydrogens is 829 g/mol. The van der Waals surface area contributed by atoms with Crippen LogP contribution in [0, 0.1) is 17.8 Å². The highest BCUT2D eigenvalue weighted by Gasteiger charge is 2.47. The molecule has 0 N–H and O–H groups in total. The van der Waals surface area contributed by atoms with Crippen LogP contribution in [-0.4, -0.2) is 124 Å². The maximum atomic E-state index is 14.0. The molecule has 1 aromatic carbocycles. The lowest BCUT2D eigenvalue weighted by molar-refractivity contribution is -0.222. The lowest BCUT2D eigenvalue weighted by Gasteiger charge is -2.41. The Morgan fingerprint density at radius 2 is 1.66 bits per heavy atom. The van der Waals surface area contributed by atoms with Crippen LogP contribution in [0.4, 0.5) is 4.79 Å². The zero-order valence-corrected chi connectivity index (χ0v) is 42.2. The van der Waals surface area contributed by atoms with Gasteiger partial charge in [0.05, 0.1) is 30.3 Å². The van der Waals surface area contributed by atoms with Crippen molar-refractivity contribution < 1.29 is 47.2 Å². The van der Waals surface area contributed by atoms with E-state index in [1.54, 1.807) is 17.0 Å². The Hall–Kier alpha value is -3.33. The number of nitrogens with zero attached hydrogens (tertiary/aromatic N) is 2. The summed E-state index contributed by atoms with van der Waals surface area (Å²) in [6, 6.07) is 11.9. The Balaban J connectivity index is 1.56. The molecule has 0 spiro atoms. The number of esters is 2. The predicted octanol–water partition coefficient (Wildman–Crippen LogP) is 10.1. The number of piperazine rings is 1. The first-order valence-corrected chi connectivity index (χ1v) is 26.8. The molecule has 0 bridgehead atoms. The van der Waals surface area contributed by atoms with E-state index in [0.717, 1.165) is 43.2 Å². The molecule has 2 saturated heterocycles. The summed E-state index contributed by atoms with van der Waals surface area (Å²) in [7, 11) is -0.0915. The number of cyclic esters (lactones) is 1. The minimum Gasteiger partial charge on any atom is -0.458 e. The second-order valence-corrected chi connectivity index (χ2v) is 23.4. The summed E-state index contributed by atoms with van der Waals surface area (Å²) in [5.74, 6) is -0.615. The Morgan fingerprint density at radius 3 is 2.28 bits per heavy atom. The number of carbonyl (C=O) groups is 3. The van der Waals surface area contributed by atoms with E-state index in [-0.39, 0.29) is 60.5 Å². The molecule has 0 aromatic heterocycles. The second kappa shape index (κ2) is 25.5. The second-order valence-electron chi connectivity index (χ2n) is 18.7. The van der Waals surface area contributed by atoms with Crippen molar-refractivity contribution in [3.05, 3.63) is 71.8 Å². The molecule has 0 saturated carbocycles. The minimum atomic E-state index is -2.15. The van der Waals surface area contributed by atoms with Crippen LogP contribution in [0.1, 0.15) is 119 Å². The molecule has 2 fully saturated rings. The van der Waals surface area contributed by atoms with E-state index in [9.17, 15) is 14.4 Å². The first kappa shape index (κ1) is 53.3. The van der Waals surface area contributed by atoms with Crippen molar-refractivity contribution in [3.8, 4) is 0 Å². The summed E-state index contributed by atoms with van der Waals surface area (Å²) < 4.78 is 44.6. The molecule has 4 rings (SSSR count). The highest BCUT2D eigenvalue weighted by atomic mass is 28.4. The zero-order valence-electron chi connectivity index (χ0n) is 41.2. The van der Waals surface area contributed by atoms with Gasteiger partial charge in [-0.15, -0.1) is 0 Å². The zero-order chi connectivity index (χ0) is 47.0. The Morgan fingerprint density at radius 1 is 0.984 bits per heavy atom. The number of carbonyl (C=O) groups excluding carboxylic acids is 3. The van der Waals surface area contributed by atoms with E-state index in [1.807, 2.05) is 84.0 Å². The number of allylic oxidation sites excluding steroid dienone is 3. The SMILES string of the molecule is CCOC(C)OC1(C)CCC(O[Si](CC)(CC)CC)CC(=O)OC(C(C)=CC=CC(C)CC2OC2C(C)C(CC)OC(=O)c2ccccc2)C(C)C=CC1OC(=O)N1CCN(C)CC1. The van der Waals surface area contributed by atoms with Crippen LogP contribution in [0.2, 0.25) is 18.1 Å². The maximum absolute atomic E-state index is 14.0. The number of amides is 1. The third kappa shape index (κ3) is 15.6. The molecular formula is C51H82N2O10Si. The van der Waals surface area contributed by atoms with Crippen molar-refractivity contribution in [1.82, 2.24) is 9.80 Å². The van der Waals surface area contributed by atoms with Gasteiger partial charge in [0.1, 0.15) is 17.8 Å². The van der Waals surface area contributed by atoms with Gasteiger partial charge in [0.25, 0.3) is 0 Å². The molecule has 3 heterocycles. The van der Waals surface area contributed by atoms with E-state index >= 15 is 0 Å². The van der Waals surface area contributed by atoms with Gasteiger partial charge in [-0.05, 0) is 108 Å². The van der Waals surface area contributed by atoms with Gasteiger partial charge in [-0.1, -0.05) is 91.0 Å². The average Bonchev–Trinajstić information content (AvgIpc) is 4.05. The summed E-state index contributed by atoms with van der Waals surface area (Å²) in [6.07, 6.45) is 9.90. The molecule has 11 unspecified atom stereocenters. The largest absolute Gasteiger partial charge is 0.458 e. The smallest absolute Gasteiger partial charge is 0.410 e. The highest BCUT2D eigenvalue weighted by molar-refractivity contribution is 6.73. The van der Waals surface area contributed by atoms with E-state index in [0.29, 0.717) is 44.5 Å². The third-order valence-corrected chi connectivity index (χ3v) is 18.4. The molecule has 1 aromatic rings. The standard InChI is InChI=1S/C51H82N2O10Si/c1-13-43(59-49(55)41-24-19-18-20-25-41)39(9)48-44(58-48)34-36(6)22-21-23-37(7)47-38(8)26-27-45(60-50(56)53-32-30-52(12)31-33-53)51(11,62-40(10)57-14-2)29-28-42(35-46(54)61-47)63-64(15-3,16-4)17-5/h18-27,36,38-40,42-45,47-48H,13-17,28-35H2,1-12H3. The normalized spacial score (nSPS) is 28.3. The van der Waals surface area contributed by atoms with Crippen LogP contribution in [-0.2, 0) is 37.6 Å². The Labute approximate surface area is 386 Å². The van der Waals surface area contributed by atoms with Gasteiger partial charge < -0.3 is 42.6 Å². The van der Waals surface area contributed by atoms with Crippen LogP contribution in [0.3, 0.4) is 0 Å². The number of benzene rings is 1. The first-order chi connectivity index (χ1) is 30.5. The summed E-state index contributed by atoms with van der Waals surface area (Å²) >= 11 is 0. The minimum absolute atomic E-state index is 0.0248. The fraction of sp³-hybridized carbons (Fsp3) is 0.706. The van der Waals surface area contributed by atoms with Gasteiger partial charge in [-0.3, -0.25) is 4.79 Å². The number of epoxide rings is 1. The van der Waals surface area contributed by atoms with Crippen molar-refractivity contribution in [1.29, 1.82) is 0 Å². The van der Waals surface area contributed by atoms with Gasteiger partial charge in [-0.25, -0.2) is 9.59 Å². The van der Waals surface area contributed by atoms with Crippen molar-refractivity contribution >= 4 is 26.3 Å². The van der Waals surface area contributed by atoms with E-state index in [2.05, 4.69) is 52.6 Å². The van der Waals surface area contributed by atoms with Gasteiger partial charge in [0.2, 0.25) is 0 Å². The molecule has 3 aliphatic rings. The topological polar surface area (TPSA) is 126 Å². The number of hydrogen-bond acceptors (Lipinski definition) is 11. The number of likely N-dealkylation sites (N-methyl/N-ethyl adjacent to an activating group) is 1. The number of ether oxygens (including phenoxy) is 6. The van der Waals surface area contributed by atoms with Crippen molar-refractivity contribution in [2.75, 3.05) is 39.8 Å². The van der Waals surface area contributed by atoms with Gasteiger partial charge in [-0.2, -0.15) is 0 Å². The van der Waals surface area contributed by atoms with Crippen molar-refractivity contribution in [2.45, 2.75) is 175 Å². The summed E-state index contributed by atoms with van der Waals surface area (Å²) in [4.78, 5) is 44.7. The summed E-state index contributed by atoms with van der Waals surface area (Å²) in [5.41, 5.74) is 0.435. The molecule has 1 amide bonds. The summed E-state index contributed by atoms with van der Waals surface area (Å²) in [6.45, 7) is 25.8. The fourth-order valence-corrected chi connectivity index (χ4v) is 12.0. The monoisotopic (exact) mass is 911 g/mol. The average molecular weight is 911 g/mol. The highest BCUT2D eigenvalue weighted by Crippen LogP contribution is 2.38. The molecule has 12 nitrogen and oxygen atoms in total. The molecule has 13 heteroatoms. The number of rotatable bonds is 20. The number of hydrogen-bond donors (Lipinski definition) is 0. The first-order valence-electron chi connectivity index (χ1n) is 24.3. The van der Waals surface area contributed by atoms with Crippen LogP contribution >= 0.6 is 0 Å². The van der Waals surface area contributed by atoms with Crippen LogP contribution in [0.5, 0.6) is 0 Å². The van der Waals surface area contributed by atoms with Crippen LogP contribution < -0.4 is 0 Å². The quantitative estimate of drug-likeness (QED) is 0.0236. The maximum Gasteiger partial charge on any atom is 0.410 e. The fourth-order valence-electron chi connectivity index (χ4n) is 9.13. The summed E-state index contributed by atoms with van der Waals surface area (Å²) in [5, 5.41) is 0. The van der Waals surface area contributed by atoms with Crippen LogP contribution in [0.25, 0.3) is 0 Å². The third-order valence-electron chi connectivity index (χ3n) is 13.7. The Bertz CT molecular complexity index is 1690. The molecule has 0 radical (unpaired) electrons. The van der Waals surface area contributed by atoms with Crippen LogP contribution in [0.15, 0.2) is 66.3 Å². The van der Waals surface area contributed by atoms with Crippen molar-refractivity contribution in [3.63, 3.8) is 0 Å². The molecule has 360 valence electrons. The van der Waals surface area contributed by atoms with E-state index in [4.69, 9.17) is 32.8 Å². The molecule has 64 heavy (non-hydrogen) atoms. The van der Waals surface area contributed by atoms with E-state index in [1.165, 1.54) is 0 Å². The van der Waals surface area contributed by atoms with Gasteiger partial charge in [0, 0.05) is 44.6 Å². The molecule has 11 atom stereocenters. The van der Waals surface area contributed by atoms with Gasteiger partial charge in [0.15, 0.2) is 20.7 Å². The Kier molecular flexibility index (Phi) is 21.3. The molecule has 0 aliphatic carbocycles. The lowest BCUT2D eigenvalue weighted by Crippen LogP contribution is -2.52.